The highest BCUT2D eigenvalue weighted by Gasteiger charge is 2.06. The van der Waals surface area contributed by atoms with Crippen LogP contribution < -0.4 is 9.47 Å². The van der Waals surface area contributed by atoms with Gasteiger partial charge in [-0.3, -0.25) is 0 Å². The lowest BCUT2D eigenvalue weighted by Crippen LogP contribution is -2.04. The predicted molar refractivity (Wildman–Crippen MR) is 85.1 cm³/mol. The summed E-state index contributed by atoms with van der Waals surface area (Å²) in [4.78, 5) is 11.8. The molecule has 0 aliphatic carbocycles. The monoisotopic (exact) mass is 298 g/mol. The van der Waals surface area contributed by atoms with Crippen LogP contribution in [-0.4, -0.2) is 18.2 Å². The van der Waals surface area contributed by atoms with Gasteiger partial charge in [-0.1, -0.05) is 19.1 Å². The molecule has 0 aliphatic rings. The first-order valence-corrected chi connectivity index (χ1v) is 6.98. The standard InChI is InChI=1S/C18H18O4/c1-3-14-12-16(9-10-17(14)21-2)22-18(20)11-6-13-4-7-15(19)8-5-13/h4-12,19H,3H2,1-2H3/b11-6+. The van der Waals surface area contributed by atoms with Crippen molar-refractivity contribution in [2.75, 3.05) is 7.11 Å². The number of hydrogen-bond donors (Lipinski definition) is 1. The number of aryl methyl sites for hydroxylation is 1. The Bertz CT molecular complexity index is 672. The molecule has 1 N–H and O–H groups in total. The van der Waals surface area contributed by atoms with Crippen LogP contribution in [0.1, 0.15) is 18.1 Å². The van der Waals surface area contributed by atoms with Crippen molar-refractivity contribution in [2.45, 2.75) is 13.3 Å². The first-order valence-electron chi connectivity index (χ1n) is 6.98. The van der Waals surface area contributed by atoms with Crippen molar-refractivity contribution in [3.05, 3.63) is 59.7 Å². The summed E-state index contributed by atoms with van der Waals surface area (Å²) in [6.07, 6.45) is 3.77. The number of benzene rings is 2. The molecule has 0 heterocycles. The first-order chi connectivity index (χ1) is 10.6. The van der Waals surface area contributed by atoms with Crippen molar-refractivity contribution >= 4 is 12.0 Å². The van der Waals surface area contributed by atoms with E-state index < -0.39 is 5.97 Å². The average molecular weight is 298 g/mol. The van der Waals surface area contributed by atoms with Gasteiger partial charge in [-0.15, -0.1) is 0 Å². The van der Waals surface area contributed by atoms with Gasteiger partial charge in [0.2, 0.25) is 0 Å². The molecule has 2 aromatic rings. The van der Waals surface area contributed by atoms with Crippen LogP contribution in [0.3, 0.4) is 0 Å². The van der Waals surface area contributed by atoms with Crippen molar-refractivity contribution < 1.29 is 19.4 Å². The fourth-order valence-corrected chi connectivity index (χ4v) is 1.99. The number of rotatable bonds is 5. The minimum absolute atomic E-state index is 0.185. The summed E-state index contributed by atoms with van der Waals surface area (Å²) in [5.74, 6) is 0.991. The van der Waals surface area contributed by atoms with E-state index in [-0.39, 0.29) is 5.75 Å². The lowest BCUT2D eigenvalue weighted by Gasteiger charge is -2.08. The highest BCUT2D eigenvalue weighted by Crippen LogP contribution is 2.24. The van der Waals surface area contributed by atoms with Crippen LogP contribution in [0.2, 0.25) is 0 Å². The fourth-order valence-electron chi connectivity index (χ4n) is 1.99. The van der Waals surface area contributed by atoms with Gasteiger partial charge in [0, 0.05) is 6.08 Å². The van der Waals surface area contributed by atoms with E-state index in [1.165, 1.54) is 6.08 Å². The first kappa shape index (κ1) is 15.6. The van der Waals surface area contributed by atoms with Gasteiger partial charge in [-0.2, -0.15) is 0 Å². The summed E-state index contributed by atoms with van der Waals surface area (Å²) < 4.78 is 10.5. The van der Waals surface area contributed by atoms with Crippen LogP contribution in [0, 0.1) is 0 Å². The lowest BCUT2D eigenvalue weighted by molar-refractivity contribution is -0.128. The van der Waals surface area contributed by atoms with Gasteiger partial charge in [-0.25, -0.2) is 4.79 Å². The predicted octanol–water partition coefficient (Wildman–Crippen LogP) is 3.58. The molecular weight excluding hydrogens is 280 g/mol. The van der Waals surface area contributed by atoms with Gasteiger partial charge in [0.1, 0.15) is 17.2 Å². The summed E-state index contributed by atoms with van der Waals surface area (Å²) in [7, 11) is 1.61. The largest absolute Gasteiger partial charge is 0.508 e. The van der Waals surface area contributed by atoms with Gasteiger partial charge in [0.15, 0.2) is 0 Å². The number of esters is 1. The molecule has 4 nitrogen and oxygen atoms in total. The van der Waals surface area contributed by atoms with E-state index in [9.17, 15) is 9.90 Å². The van der Waals surface area contributed by atoms with E-state index >= 15 is 0 Å². The average Bonchev–Trinajstić information content (AvgIpc) is 2.54. The topological polar surface area (TPSA) is 55.8 Å². The molecular formula is C18H18O4. The van der Waals surface area contributed by atoms with E-state index in [1.807, 2.05) is 6.92 Å². The third-order valence-corrected chi connectivity index (χ3v) is 3.16. The number of carbonyl (C=O) groups is 1. The molecule has 0 aliphatic heterocycles. The minimum Gasteiger partial charge on any atom is -0.508 e. The Labute approximate surface area is 129 Å². The Hall–Kier alpha value is -2.75. The molecule has 4 heteroatoms. The molecule has 0 atom stereocenters. The highest BCUT2D eigenvalue weighted by molar-refractivity contribution is 5.88. The molecule has 0 unspecified atom stereocenters. The highest BCUT2D eigenvalue weighted by atomic mass is 16.5. The SMILES string of the molecule is CCc1cc(OC(=O)/C=C/c2ccc(O)cc2)ccc1OC. The van der Waals surface area contributed by atoms with Crippen LogP contribution in [-0.2, 0) is 11.2 Å². The van der Waals surface area contributed by atoms with Crippen molar-refractivity contribution in [3.63, 3.8) is 0 Å². The van der Waals surface area contributed by atoms with Gasteiger partial charge < -0.3 is 14.6 Å². The molecule has 114 valence electrons. The minimum atomic E-state index is -0.458. The Balaban J connectivity index is 2.04. The maximum absolute atomic E-state index is 11.8. The number of hydrogen-bond acceptors (Lipinski definition) is 4. The Morgan fingerprint density at radius 1 is 1.18 bits per heavy atom. The van der Waals surface area contributed by atoms with E-state index in [0.717, 1.165) is 23.3 Å². The summed E-state index contributed by atoms with van der Waals surface area (Å²) >= 11 is 0. The number of phenols is 1. The zero-order valence-corrected chi connectivity index (χ0v) is 12.6. The summed E-state index contributed by atoms with van der Waals surface area (Å²) in [6, 6.07) is 11.8. The molecule has 2 rings (SSSR count). The molecule has 0 aromatic heterocycles. The van der Waals surface area contributed by atoms with Crippen LogP contribution in [0.4, 0.5) is 0 Å². The summed E-state index contributed by atoms with van der Waals surface area (Å²) in [6.45, 7) is 2.01. The smallest absolute Gasteiger partial charge is 0.336 e. The molecule has 0 fully saturated rings. The molecule has 22 heavy (non-hydrogen) atoms. The van der Waals surface area contributed by atoms with E-state index in [4.69, 9.17) is 9.47 Å². The van der Waals surface area contributed by atoms with Gasteiger partial charge in [-0.05, 0) is 54.0 Å². The summed E-state index contributed by atoms with van der Waals surface area (Å²) in [5.41, 5.74) is 1.79. The van der Waals surface area contributed by atoms with Crippen LogP contribution in [0.15, 0.2) is 48.5 Å². The second-order valence-corrected chi connectivity index (χ2v) is 4.67. The van der Waals surface area contributed by atoms with Gasteiger partial charge in [0.05, 0.1) is 7.11 Å². The van der Waals surface area contributed by atoms with Crippen molar-refractivity contribution in [1.29, 1.82) is 0 Å². The van der Waals surface area contributed by atoms with Gasteiger partial charge >= 0.3 is 5.97 Å². The maximum Gasteiger partial charge on any atom is 0.336 e. The molecule has 0 spiro atoms. The number of methoxy groups -OCH3 is 1. The molecule has 0 saturated heterocycles. The Morgan fingerprint density at radius 3 is 2.55 bits per heavy atom. The van der Waals surface area contributed by atoms with Crippen LogP contribution >= 0.6 is 0 Å². The van der Waals surface area contributed by atoms with E-state index in [1.54, 1.807) is 55.7 Å². The van der Waals surface area contributed by atoms with Crippen molar-refractivity contribution in [1.82, 2.24) is 0 Å². The molecule has 0 bridgehead atoms. The number of phenolic OH excluding ortho intramolecular Hbond substituents is 1. The van der Waals surface area contributed by atoms with E-state index in [0.29, 0.717) is 5.75 Å². The van der Waals surface area contributed by atoms with Crippen LogP contribution in [0.25, 0.3) is 6.08 Å². The fraction of sp³-hybridized carbons (Fsp3) is 0.167. The van der Waals surface area contributed by atoms with E-state index in [2.05, 4.69) is 0 Å². The lowest BCUT2D eigenvalue weighted by atomic mass is 10.1. The zero-order chi connectivity index (χ0) is 15.9. The van der Waals surface area contributed by atoms with Gasteiger partial charge in [0.25, 0.3) is 0 Å². The third-order valence-electron chi connectivity index (χ3n) is 3.16. The Kier molecular flexibility index (Phi) is 5.20. The quantitative estimate of drug-likeness (QED) is 0.521. The molecule has 0 saturated carbocycles. The maximum atomic E-state index is 11.8. The van der Waals surface area contributed by atoms with Crippen molar-refractivity contribution in [2.24, 2.45) is 0 Å². The molecule has 2 aromatic carbocycles. The Morgan fingerprint density at radius 2 is 1.91 bits per heavy atom. The van der Waals surface area contributed by atoms with Crippen molar-refractivity contribution in [3.8, 4) is 17.2 Å². The second kappa shape index (κ2) is 7.31. The number of carbonyl (C=O) groups excluding carboxylic acids is 1. The zero-order valence-electron chi connectivity index (χ0n) is 12.6. The number of ether oxygens (including phenoxy) is 2. The normalized spacial score (nSPS) is 10.6. The molecule has 0 amide bonds. The third kappa shape index (κ3) is 4.12. The number of aromatic hydroxyl groups is 1. The summed E-state index contributed by atoms with van der Waals surface area (Å²) in [5, 5.41) is 9.20. The van der Waals surface area contributed by atoms with Crippen LogP contribution in [0.5, 0.6) is 17.2 Å². The molecule has 0 radical (unpaired) electrons. The second-order valence-electron chi connectivity index (χ2n) is 4.67.